The van der Waals surface area contributed by atoms with Gasteiger partial charge in [-0.3, -0.25) is 0 Å². The lowest BCUT2D eigenvalue weighted by molar-refractivity contribution is -0.154. The number of aromatic nitrogens is 4. The summed E-state index contributed by atoms with van der Waals surface area (Å²) in [6.45, 7) is 2.58. The number of nitrogens with zero attached hydrogens (tertiary/aromatic N) is 4. The molecule has 2 aromatic heterocycles. The van der Waals surface area contributed by atoms with Crippen molar-refractivity contribution in [1.29, 1.82) is 0 Å². The Morgan fingerprint density at radius 2 is 1.91 bits per heavy atom. The van der Waals surface area contributed by atoms with Crippen molar-refractivity contribution < 1.29 is 17.9 Å². The smallest absolute Gasteiger partial charge is 0.422 e. The lowest BCUT2D eigenvalue weighted by Crippen LogP contribution is -2.19. The molecule has 22 heavy (non-hydrogen) atoms. The molecule has 2 heterocycles. The first-order chi connectivity index (χ1) is 10.3. The molecule has 0 aliphatic carbocycles. The average Bonchev–Trinajstić information content (AvgIpc) is 2.42. The first-order valence-corrected chi connectivity index (χ1v) is 6.40. The minimum absolute atomic E-state index is 0.171. The summed E-state index contributed by atoms with van der Waals surface area (Å²) in [4.78, 5) is 8.36. The Labute approximate surface area is 124 Å². The van der Waals surface area contributed by atoms with Gasteiger partial charge >= 0.3 is 6.18 Å². The van der Waals surface area contributed by atoms with Gasteiger partial charge in [-0.2, -0.15) is 18.3 Å². The lowest BCUT2D eigenvalue weighted by Gasteiger charge is -2.09. The van der Waals surface area contributed by atoms with Crippen molar-refractivity contribution in [2.75, 3.05) is 11.9 Å². The fourth-order valence-electron chi connectivity index (χ4n) is 1.66. The van der Waals surface area contributed by atoms with E-state index < -0.39 is 12.8 Å². The molecule has 0 fully saturated rings. The second-order valence-corrected chi connectivity index (χ2v) is 4.56. The molecule has 0 radical (unpaired) electrons. The number of nitrogens with one attached hydrogen (secondary N) is 1. The van der Waals surface area contributed by atoms with Crippen LogP contribution in [0.15, 0.2) is 18.2 Å². The van der Waals surface area contributed by atoms with Crippen molar-refractivity contribution in [3.63, 3.8) is 0 Å². The second kappa shape index (κ2) is 6.54. The molecule has 118 valence electrons. The van der Waals surface area contributed by atoms with Crippen molar-refractivity contribution in [3.05, 3.63) is 35.4 Å². The van der Waals surface area contributed by atoms with E-state index in [-0.39, 0.29) is 5.88 Å². The molecule has 2 aromatic rings. The van der Waals surface area contributed by atoms with Crippen molar-refractivity contribution in [2.24, 2.45) is 0 Å². The highest BCUT2D eigenvalue weighted by Crippen LogP contribution is 2.16. The SMILES string of the molecule is Cc1cc(NCc2ccc(OCC(F)(F)F)nn2)nc(C)n1. The van der Waals surface area contributed by atoms with Crippen LogP contribution in [0.1, 0.15) is 17.2 Å². The fourth-order valence-corrected chi connectivity index (χ4v) is 1.66. The summed E-state index contributed by atoms with van der Waals surface area (Å²) in [5.74, 6) is 1.11. The summed E-state index contributed by atoms with van der Waals surface area (Å²) in [5, 5.41) is 10.4. The minimum Gasteiger partial charge on any atom is -0.467 e. The summed E-state index contributed by atoms with van der Waals surface area (Å²) in [5.41, 5.74) is 1.38. The van der Waals surface area contributed by atoms with E-state index >= 15 is 0 Å². The molecule has 0 amide bonds. The summed E-state index contributed by atoms with van der Waals surface area (Å²) >= 11 is 0. The van der Waals surface area contributed by atoms with E-state index in [1.807, 2.05) is 6.92 Å². The van der Waals surface area contributed by atoms with Gasteiger partial charge in [0.1, 0.15) is 11.6 Å². The Hall–Kier alpha value is -2.45. The predicted molar refractivity (Wildman–Crippen MR) is 72.4 cm³/mol. The molecule has 0 aliphatic rings. The minimum atomic E-state index is -4.40. The molecule has 0 unspecified atom stereocenters. The maximum Gasteiger partial charge on any atom is 0.422 e. The highest BCUT2D eigenvalue weighted by atomic mass is 19.4. The van der Waals surface area contributed by atoms with Crippen LogP contribution < -0.4 is 10.1 Å². The van der Waals surface area contributed by atoms with Crippen LogP contribution in [0.3, 0.4) is 0 Å². The van der Waals surface area contributed by atoms with Gasteiger partial charge in [-0.25, -0.2) is 9.97 Å². The summed E-state index contributed by atoms with van der Waals surface area (Å²) < 4.78 is 40.5. The van der Waals surface area contributed by atoms with Crippen LogP contribution in [0.4, 0.5) is 19.0 Å². The normalized spacial score (nSPS) is 11.3. The first-order valence-electron chi connectivity index (χ1n) is 6.40. The molecule has 0 aliphatic heterocycles. The molecule has 6 nitrogen and oxygen atoms in total. The fraction of sp³-hybridized carbons (Fsp3) is 0.385. The van der Waals surface area contributed by atoms with Crippen LogP contribution in [-0.2, 0) is 6.54 Å². The van der Waals surface area contributed by atoms with E-state index in [2.05, 4.69) is 30.2 Å². The highest BCUT2D eigenvalue weighted by Gasteiger charge is 2.28. The monoisotopic (exact) mass is 313 g/mol. The van der Waals surface area contributed by atoms with Crippen molar-refractivity contribution in [3.8, 4) is 5.88 Å². The quantitative estimate of drug-likeness (QED) is 0.914. The number of aryl methyl sites for hydroxylation is 2. The van der Waals surface area contributed by atoms with Crippen LogP contribution >= 0.6 is 0 Å². The van der Waals surface area contributed by atoms with Gasteiger partial charge in [-0.05, 0) is 19.9 Å². The van der Waals surface area contributed by atoms with E-state index in [0.29, 0.717) is 23.9 Å². The van der Waals surface area contributed by atoms with Gasteiger partial charge in [0.05, 0.1) is 12.2 Å². The van der Waals surface area contributed by atoms with Crippen LogP contribution in [0, 0.1) is 13.8 Å². The van der Waals surface area contributed by atoms with E-state index in [4.69, 9.17) is 0 Å². The Bertz CT molecular complexity index is 610. The zero-order chi connectivity index (χ0) is 16.2. The highest BCUT2D eigenvalue weighted by molar-refractivity contribution is 5.36. The van der Waals surface area contributed by atoms with Gasteiger partial charge in [-0.15, -0.1) is 5.10 Å². The number of hydrogen-bond acceptors (Lipinski definition) is 6. The summed E-state index contributed by atoms with van der Waals surface area (Å²) in [6, 6.07) is 4.65. The van der Waals surface area contributed by atoms with Crippen LogP contribution in [0.2, 0.25) is 0 Å². The van der Waals surface area contributed by atoms with Crippen molar-refractivity contribution in [2.45, 2.75) is 26.6 Å². The molecule has 0 spiro atoms. The molecule has 2 rings (SSSR count). The lowest BCUT2D eigenvalue weighted by atomic mass is 10.3. The Morgan fingerprint density at radius 3 is 2.50 bits per heavy atom. The largest absolute Gasteiger partial charge is 0.467 e. The van der Waals surface area contributed by atoms with E-state index in [1.54, 1.807) is 13.0 Å². The zero-order valence-corrected chi connectivity index (χ0v) is 12.0. The molecule has 0 saturated heterocycles. The maximum atomic E-state index is 12.0. The molecule has 0 aromatic carbocycles. The average molecular weight is 313 g/mol. The van der Waals surface area contributed by atoms with E-state index in [9.17, 15) is 13.2 Å². The number of anilines is 1. The number of rotatable bonds is 5. The number of hydrogen-bond donors (Lipinski definition) is 1. The standard InChI is InChI=1S/C13H14F3N5O/c1-8-5-11(19-9(2)18-8)17-6-10-3-4-12(21-20-10)22-7-13(14,15)16/h3-5H,6-7H2,1-2H3,(H,17,18,19). The van der Waals surface area contributed by atoms with Crippen molar-refractivity contribution in [1.82, 2.24) is 20.2 Å². The van der Waals surface area contributed by atoms with E-state index in [0.717, 1.165) is 5.69 Å². The Morgan fingerprint density at radius 1 is 1.14 bits per heavy atom. The third kappa shape index (κ3) is 5.15. The number of alkyl halides is 3. The molecule has 1 N–H and O–H groups in total. The second-order valence-electron chi connectivity index (χ2n) is 4.56. The summed E-state index contributed by atoms with van der Waals surface area (Å²) in [7, 11) is 0. The predicted octanol–water partition coefficient (Wildman–Crippen LogP) is 2.44. The molecule has 0 saturated carbocycles. The maximum absolute atomic E-state index is 12.0. The van der Waals surface area contributed by atoms with Gasteiger partial charge in [0.15, 0.2) is 6.61 Å². The van der Waals surface area contributed by atoms with Crippen LogP contribution in [0.25, 0.3) is 0 Å². The first kappa shape index (κ1) is 15.9. The number of ether oxygens (including phenoxy) is 1. The van der Waals surface area contributed by atoms with Crippen LogP contribution in [-0.4, -0.2) is 32.9 Å². The van der Waals surface area contributed by atoms with E-state index in [1.165, 1.54) is 12.1 Å². The summed E-state index contributed by atoms with van der Waals surface area (Å²) in [6.07, 6.45) is -4.40. The number of halogens is 3. The molecular formula is C13H14F3N5O. The van der Waals surface area contributed by atoms with Crippen molar-refractivity contribution >= 4 is 5.82 Å². The zero-order valence-electron chi connectivity index (χ0n) is 12.0. The molecular weight excluding hydrogens is 299 g/mol. The molecule has 9 heteroatoms. The third-order valence-corrected chi connectivity index (χ3v) is 2.50. The van der Waals surface area contributed by atoms with Gasteiger partial charge in [0.25, 0.3) is 0 Å². The van der Waals surface area contributed by atoms with Gasteiger partial charge in [-0.1, -0.05) is 0 Å². The Balaban J connectivity index is 1.91. The van der Waals surface area contributed by atoms with Gasteiger partial charge in [0.2, 0.25) is 5.88 Å². The van der Waals surface area contributed by atoms with Crippen LogP contribution in [0.5, 0.6) is 5.88 Å². The topological polar surface area (TPSA) is 72.8 Å². The Kier molecular flexibility index (Phi) is 4.74. The molecule has 0 atom stereocenters. The van der Waals surface area contributed by atoms with Gasteiger partial charge < -0.3 is 10.1 Å². The molecule has 0 bridgehead atoms. The van der Waals surface area contributed by atoms with Gasteiger partial charge in [0, 0.05) is 17.8 Å². The third-order valence-electron chi connectivity index (χ3n) is 2.50.